The first-order valence-corrected chi connectivity index (χ1v) is 9.12. The molecule has 3 heterocycles. The normalized spacial score (nSPS) is 19.0. The van der Waals surface area contributed by atoms with E-state index in [2.05, 4.69) is 15.2 Å². The Morgan fingerprint density at radius 3 is 2.83 bits per heavy atom. The molecule has 1 saturated heterocycles. The molecule has 2 aromatic rings. The number of pyridine rings is 1. The second-order valence-electron chi connectivity index (χ2n) is 5.96. The minimum absolute atomic E-state index is 0.187. The molecule has 1 aliphatic rings. The molecule has 9 heteroatoms. The van der Waals surface area contributed by atoms with Crippen molar-refractivity contribution in [1.82, 2.24) is 23.8 Å². The maximum atomic E-state index is 12.1. The zero-order valence-corrected chi connectivity index (χ0v) is 14.5. The molecule has 0 unspecified atom stereocenters. The van der Waals surface area contributed by atoms with Crippen molar-refractivity contribution in [1.29, 1.82) is 0 Å². The number of rotatable bonds is 6. The van der Waals surface area contributed by atoms with Gasteiger partial charge < -0.3 is 4.74 Å². The Bertz CT molecular complexity index is 759. The van der Waals surface area contributed by atoms with E-state index < -0.39 is 10.2 Å². The monoisotopic (exact) mass is 351 g/mol. The number of aromatic amines is 1. The van der Waals surface area contributed by atoms with Gasteiger partial charge in [0.25, 0.3) is 10.2 Å². The van der Waals surface area contributed by atoms with Crippen molar-refractivity contribution < 1.29 is 13.2 Å². The highest BCUT2D eigenvalue weighted by Crippen LogP contribution is 2.22. The van der Waals surface area contributed by atoms with Gasteiger partial charge in [-0.25, -0.2) is 0 Å². The lowest BCUT2D eigenvalue weighted by atomic mass is 10.1. The van der Waals surface area contributed by atoms with Gasteiger partial charge in [0.1, 0.15) is 5.75 Å². The van der Waals surface area contributed by atoms with Gasteiger partial charge in [0, 0.05) is 39.3 Å². The Morgan fingerprint density at radius 1 is 1.38 bits per heavy atom. The minimum atomic E-state index is -3.33. The molecule has 3 rings (SSSR count). The Balaban J connectivity index is 1.54. The largest absolute Gasteiger partial charge is 0.492 e. The highest BCUT2D eigenvalue weighted by Gasteiger charge is 2.32. The van der Waals surface area contributed by atoms with Crippen molar-refractivity contribution in [3.63, 3.8) is 0 Å². The molecule has 0 radical (unpaired) electrons. The smallest absolute Gasteiger partial charge is 0.281 e. The number of nitrogens with zero attached hydrogens (tertiary/aromatic N) is 4. The fourth-order valence-electron chi connectivity index (χ4n) is 2.61. The van der Waals surface area contributed by atoms with Crippen LogP contribution in [0.1, 0.15) is 6.42 Å². The first-order valence-electron chi connectivity index (χ1n) is 7.73. The molecule has 1 aliphatic heterocycles. The van der Waals surface area contributed by atoms with Crippen LogP contribution >= 0.6 is 0 Å². The van der Waals surface area contributed by atoms with Crippen molar-refractivity contribution in [3.8, 4) is 17.1 Å². The topological polar surface area (TPSA) is 91.4 Å². The van der Waals surface area contributed by atoms with Crippen molar-refractivity contribution in [3.05, 3.63) is 30.6 Å². The molecule has 8 nitrogen and oxygen atoms in total. The van der Waals surface area contributed by atoms with Crippen LogP contribution in [0, 0.1) is 5.92 Å². The minimum Gasteiger partial charge on any atom is -0.492 e. The molecule has 0 aliphatic carbocycles. The molecule has 24 heavy (non-hydrogen) atoms. The summed E-state index contributed by atoms with van der Waals surface area (Å²) < 4.78 is 32.7. The van der Waals surface area contributed by atoms with Crippen LogP contribution in [0.4, 0.5) is 0 Å². The molecule has 0 bridgehead atoms. The average Bonchev–Trinajstić information content (AvgIpc) is 3.25. The van der Waals surface area contributed by atoms with Gasteiger partial charge in [0.2, 0.25) is 0 Å². The second kappa shape index (κ2) is 6.88. The summed E-state index contributed by atoms with van der Waals surface area (Å²) in [6, 6.07) is 5.56. The van der Waals surface area contributed by atoms with Gasteiger partial charge in [0.05, 0.1) is 24.2 Å². The quantitative estimate of drug-likeness (QED) is 0.838. The molecule has 0 aromatic carbocycles. The van der Waals surface area contributed by atoms with E-state index in [4.69, 9.17) is 4.74 Å². The molecule has 2 aromatic heterocycles. The van der Waals surface area contributed by atoms with E-state index in [-0.39, 0.29) is 5.92 Å². The summed E-state index contributed by atoms with van der Waals surface area (Å²) in [4.78, 5) is 4.33. The Morgan fingerprint density at radius 2 is 2.21 bits per heavy atom. The van der Waals surface area contributed by atoms with Gasteiger partial charge >= 0.3 is 0 Å². The van der Waals surface area contributed by atoms with E-state index in [1.165, 1.54) is 8.61 Å². The van der Waals surface area contributed by atoms with Crippen LogP contribution in [0.15, 0.2) is 30.6 Å². The summed E-state index contributed by atoms with van der Waals surface area (Å²) in [7, 11) is -0.238. The van der Waals surface area contributed by atoms with E-state index in [1.54, 1.807) is 26.5 Å². The third-order valence-electron chi connectivity index (χ3n) is 4.04. The van der Waals surface area contributed by atoms with Crippen LogP contribution in [-0.4, -0.2) is 66.0 Å². The van der Waals surface area contributed by atoms with Crippen molar-refractivity contribution in [2.45, 2.75) is 6.42 Å². The van der Waals surface area contributed by atoms with Crippen LogP contribution in [0.5, 0.6) is 5.75 Å². The van der Waals surface area contributed by atoms with Gasteiger partial charge in [-0.2, -0.15) is 22.1 Å². The summed E-state index contributed by atoms with van der Waals surface area (Å²) >= 11 is 0. The number of H-pyrrole nitrogens is 1. The fourth-order valence-corrected chi connectivity index (χ4v) is 3.81. The fraction of sp³-hybridized carbons (Fsp3) is 0.467. The zero-order chi connectivity index (χ0) is 17.2. The maximum absolute atomic E-state index is 12.1. The molecule has 0 spiro atoms. The predicted octanol–water partition coefficient (Wildman–Crippen LogP) is 0.979. The standard InChI is InChI=1S/C15H21N5O3S/c1-19(2)24(21,22)20-8-6-12(10-20)11-23-13-3-4-14(16-9-13)15-5-7-17-18-15/h3-5,7,9,12H,6,8,10-11H2,1-2H3,(H,17,18)/t12-/m0/s1. The van der Waals surface area contributed by atoms with Crippen LogP contribution in [0.2, 0.25) is 0 Å². The average molecular weight is 351 g/mol. The summed E-state index contributed by atoms with van der Waals surface area (Å²) in [5, 5.41) is 6.75. The lowest BCUT2D eigenvalue weighted by Gasteiger charge is -2.20. The highest BCUT2D eigenvalue weighted by atomic mass is 32.2. The van der Waals surface area contributed by atoms with Gasteiger partial charge in [-0.1, -0.05) is 0 Å². The summed E-state index contributed by atoms with van der Waals surface area (Å²) in [6.45, 7) is 1.50. The summed E-state index contributed by atoms with van der Waals surface area (Å²) in [5.74, 6) is 0.860. The van der Waals surface area contributed by atoms with Crippen LogP contribution < -0.4 is 4.74 Å². The van der Waals surface area contributed by atoms with Crippen molar-refractivity contribution >= 4 is 10.2 Å². The Hall–Kier alpha value is -1.97. The zero-order valence-electron chi connectivity index (χ0n) is 13.7. The van der Waals surface area contributed by atoms with E-state index in [0.717, 1.165) is 17.8 Å². The van der Waals surface area contributed by atoms with E-state index >= 15 is 0 Å². The SMILES string of the molecule is CN(C)S(=O)(=O)N1CC[C@H](COc2ccc(-c3ccn[nH]3)nc2)C1. The van der Waals surface area contributed by atoms with E-state index in [0.29, 0.717) is 25.4 Å². The van der Waals surface area contributed by atoms with Crippen molar-refractivity contribution in [2.24, 2.45) is 5.92 Å². The third-order valence-corrected chi connectivity index (χ3v) is 5.94. The van der Waals surface area contributed by atoms with Gasteiger partial charge in [0.15, 0.2) is 0 Å². The van der Waals surface area contributed by atoms with Gasteiger partial charge in [-0.05, 0) is 24.6 Å². The molecule has 0 amide bonds. The first kappa shape index (κ1) is 16.9. The molecule has 1 N–H and O–H groups in total. The van der Waals surface area contributed by atoms with E-state index in [1.807, 2.05) is 18.2 Å². The number of aromatic nitrogens is 3. The van der Waals surface area contributed by atoms with Gasteiger partial charge in [-0.15, -0.1) is 0 Å². The van der Waals surface area contributed by atoms with E-state index in [9.17, 15) is 8.42 Å². The highest BCUT2D eigenvalue weighted by molar-refractivity contribution is 7.86. The lowest BCUT2D eigenvalue weighted by Crippen LogP contribution is -2.38. The summed E-state index contributed by atoms with van der Waals surface area (Å²) in [6.07, 6.45) is 4.14. The Labute approximate surface area is 141 Å². The first-order chi connectivity index (χ1) is 11.5. The lowest BCUT2D eigenvalue weighted by molar-refractivity contribution is 0.253. The molecular weight excluding hydrogens is 330 g/mol. The molecule has 0 saturated carbocycles. The number of ether oxygens (including phenoxy) is 1. The van der Waals surface area contributed by atoms with Crippen molar-refractivity contribution in [2.75, 3.05) is 33.8 Å². The van der Waals surface area contributed by atoms with Gasteiger partial charge in [-0.3, -0.25) is 10.1 Å². The number of hydrogen-bond acceptors (Lipinski definition) is 5. The number of nitrogens with one attached hydrogen (secondary N) is 1. The molecule has 130 valence electrons. The third kappa shape index (κ3) is 3.58. The molecule has 1 atom stereocenters. The predicted molar refractivity (Wildman–Crippen MR) is 89.6 cm³/mol. The second-order valence-corrected chi connectivity index (χ2v) is 8.11. The molecular formula is C15H21N5O3S. The van der Waals surface area contributed by atoms with Crippen LogP contribution in [0.25, 0.3) is 11.4 Å². The van der Waals surface area contributed by atoms with Crippen LogP contribution in [-0.2, 0) is 10.2 Å². The summed E-state index contributed by atoms with van der Waals surface area (Å²) in [5.41, 5.74) is 1.64. The molecule has 1 fully saturated rings. The Kier molecular flexibility index (Phi) is 4.83. The van der Waals surface area contributed by atoms with Crippen LogP contribution in [0.3, 0.4) is 0 Å². The number of hydrogen-bond donors (Lipinski definition) is 1. The maximum Gasteiger partial charge on any atom is 0.281 e.